The summed E-state index contributed by atoms with van der Waals surface area (Å²) < 4.78 is 4.42. The van der Waals surface area contributed by atoms with Crippen LogP contribution < -0.4 is 0 Å². The average molecular weight is 903 g/mol. The van der Waals surface area contributed by atoms with Gasteiger partial charge in [0.05, 0.1) is 62.8 Å². The Bertz CT molecular complexity index is 4190. The van der Waals surface area contributed by atoms with E-state index in [0.29, 0.717) is 39.3 Å². The average Bonchev–Trinajstić information content (AvgIpc) is 3.93. The summed E-state index contributed by atoms with van der Waals surface area (Å²) in [6.07, 6.45) is 0. The number of benzene rings is 10. The van der Waals surface area contributed by atoms with Gasteiger partial charge in [-0.2, -0.15) is 15.8 Å². The number of nitrogens with zero attached hydrogens (tertiary/aromatic N) is 6. The minimum absolute atomic E-state index is 0.199. The van der Waals surface area contributed by atoms with Crippen LogP contribution in [0.15, 0.2) is 212 Å². The third-order valence-electron chi connectivity index (χ3n) is 13.7. The second-order valence-electron chi connectivity index (χ2n) is 17.8. The molecule has 6 heteroatoms. The first-order valence-electron chi connectivity index (χ1n) is 23.3. The summed E-state index contributed by atoms with van der Waals surface area (Å²) in [6.45, 7) is 9.94. The van der Waals surface area contributed by atoms with Gasteiger partial charge in [-0.1, -0.05) is 157 Å². The monoisotopic (exact) mass is 902 g/mol. The molecular formula is C65H38N6. The Hall–Kier alpha value is -10.2. The van der Waals surface area contributed by atoms with Crippen molar-refractivity contribution in [3.8, 4) is 85.2 Å². The fraction of sp³-hybridized carbons (Fsp3) is 0.0154. The molecule has 0 amide bonds. The molecule has 0 aliphatic rings. The number of aryl methyl sites for hydroxylation is 1. The molecule has 71 heavy (non-hydrogen) atoms. The molecular weight excluding hydrogens is 865 g/mol. The van der Waals surface area contributed by atoms with E-state index in [0.717, 1.165) is 88.1 Å². The van der Waals surface area contributed by atoms with Crippen LogP contribution in [0.4, 0.5) is 5.69 Å². The molecule has 0 unspecified atom stereocenters. The second-order valence-corrected chi connectivity index (χ2v) is 17.8. The highest BCUT2D eigenvalue weighted by Crippen LogP contribution is 2.50. The van der Waals surface area contributed by atoms with E-state index in [2.05, 4.69) is 148 Å². The van der Waals surface area contributed by atoms with Crippen molar-refractivity contribution in [1.82, 2.24) is 9.13 Å². The minimum Gasteiger partial charge on any atom is -0.308 e. The van der Waals surface area contributed by atoms with Crippen LogP contribution in [0.2, 0.25) is 0 Å². The molecule has 10 aromatic carbocycles. The predicted octanol–water partition coefficient (Wildman–Crippen LogP) is 16.7. The maximum atomic E-state index is 11.8. The molecule has 0 atom stereocenters. The van der Waals surface area contributed by atoms with E-state index in [-0.39, 0.29) is 11.1 Å². The van der Waals surface area contributed by atoms with Crippen molar-refractivity contribution >= 4 is 49.3 Å². The lowest BCUT2D eigenvalue weighted by Crippen LogP contribution is -2.11. The Labute approximate surface area is 410 Å². The predicted molar refractivity (Wildman–Crippen MR) is 287 cm³/mol. The molecule has 0 saturated heterocycles. The van der Waals surface area contributed by atoms with Gasteiger partial charge in [0.15, 0.2) is 5.69 Å². The van der Waals surface area contributed by atoms with Crippen LogP contribution in [-0.4, -0.2) is 9.13 Å². The summed E-state index contributed by atoms with van der Waals surface area (Å²) in [5.41, 5.74) is 16.2. The van der Waals surface area contributed by atoms with Gasteiger partial charge in [-0.25, -0.2) is 4.85 Å². The molecule has 2 heterocycles. The van der Waals surface area contributed by atoms with Gasteiger partial charge < -0.3 is 9.13 Å². The number of aromatic nitrogens is 2. The van der Waals surface area contributed by atoms with E-state index in [4.69, 9.17) is 6.57 Å². The number of rotatable bonds is 7. The highest BCUT2D eigenvalue weighted by atomic mass is 15.0. The van der Waals surface area contributed by atoms with Crippen molar-refractivity contribution in [3.63, 3.8) is 0 Å². The van der Waals surface area contributed by atoms with Crippen LogP contribution in [0, 0.1) is 47.5 Å². The molecule has 0 aliphatic heterocycles. The van der Waals surface area contributed by atoms with E-state index >= 15 is 0 Å². The highest BCUT2D eigenvalue weighted by molar-refractivity contribution is 6.15. The SMILES string of the molecule is [C-]#[N+]c1ccc(-c2c(C#N)c(C#N)c(-n3c4ccc(C)cc4c4cc(-c5ccccc5)ccc43)c(-c3ccc(C#N)cc3)c2-n2c3ccc(-c4ccccc4)cc3c3cc(-c4ccccc4)ccc32)cc1. The molecule has 12 rings (SSSR count). The molecule has 12 aromatic rings. The van der Waals surface area contributed by atoms with Gasteiger partial charge in [0.1, 0.15) is 12.1 Å². The Balaban J connectivity index is 1.31. The molecule has 328 valence electrons. The number of fused-ring (bicyclic) bond motifs is 6. The van der Waals surface area contributed by atoms with Crippen LogP contribution in [0.5, 0.6) is 0 Å². The van der Waals surface area contributed by atoms with E-state index in [1.807, 2.05) is 91.0 Å². The smallest absolute Gasteiger partial charge is 0.187 e. The van der Waals surface area contributed by atoms with Gasteiger partial charge in [0, 0.05) is 32.7 Å². The number of hydrogen-bond acceptors (Lipinski definition) is 3. The Morgan fingerprint density at radius 1 is 0.366 bits per heavy atom. The van der Waals surface area contributed by atoms with Gasteiger partial charge in [0.25, 0.3) is 0 Å². The zero-order chi connectivity index (χ0) is 48.2. The van der Waals surface area contributed by atoms with E-state index in [9.17, 15) is 15.8 Å². The van der Waals surface area contributed by atoms with Gasteiger partial charge >= 0.3 is 0 Å². The third kappa shape index (κ3) is 6.92. The molecule has 0 N–H and O–H groups in total. The lowest BCUT2D eigenvalue weighted by atomic mass is 9.86. The largest absolute Gasteiger partial charge is 0.308 e. The Kier molecular flexibility index (Phi) is 10.2. The Morgan fingerprint density at radius 2 is 0.761 bits per heavy atom. The van der Waals surface area contributed by atoms with Gasteiger partial charge in [-0.05, 0) is 112 Å². The van der Waals surface area contributed by atoms with Crippen molar-refractivity contribution in [2.45, 2.75) is 6.92 Å². The topological polar surface area (TPSA) is 85.6 Å². The molecule has 0 fully saturated rings. The maximum Gasteiger partial charge on any atom is 0.187 e. The number of hydrogen-bond donors (Lipinski definition) is 0. The summed E-state index contributed by atoms with van der Waals surface area (Å²) in [5, 5.41) is 37.7. The first-order chi connectivity index (χ1) is 35.0. The lowest BCUT2D eigenvalue weighted by Gasteiger charge is -2.26. The maximum absolute atomic E-state index is 11.8. The summed E-state index contributed by atoms with van der Waals surface area (Å²) in [6, 6.07) is 79.2. The summed E-state index contributed by atoms with van der Waals surface area (Å²) in [5.74, 6) is 0. The van der Waals surface area contributed by atoms with Crippen LogP contribution in [0.3, 0.4) is 0 Å². The van der Waals surface area contributed by atoms with Gasteiger partial charge in [0.2, 0.25) is 0 Å². The molecule has 0 saturated carbocycles. The minimum atomic E-state index is 0.199. The van der Waals surface area contributed by atoms with Gasteiger partial charge in [-0.15, -0.1) is 0 Å². The molecule has 0 bridgehead atoms. The van der Waals surface area contributed by atoms with Crippen LogP contribution in [0.1, 0.15) is 22.3 Å². The van der Waals surface area contributed by atoms with Crippen molar-refractivity contribution < 1.29 is 0 Å². The van der Waals surface area contributed by atoms with Crippen molar-refractivity contribution in [2.24, 2.45) is 0 Å². The van der Waals surface area contributed by atoms with E-state index < -0.39 is 0 Å². The van der Waals surface area contributed by atoms with Crippen LogP contribution in [-0.2, 0) is 0 Å². The van der Waals surface area contributed by atoms with Crippen LogP contribution >= 0.6 is 0 Å². The fourth-order valence-corrected chi connectivity index (χ4v) is 10.4. The standard InChI is InChI=1S/C65H38N6/c1-41-18-30-58-52(34-41)53-35-48(43-12-6-3-7-13-43)25-31-59(53)70(58)64-57(40-68)56(39-67)62(46-23-28-51(69-2)29-24-46)65(63(64)47-21-19-42(38-66)20-22-47)71-60-32-26-49(44-14-8-4-9-15-44)36-54(60)55-37-50(27-33-61(55)71)45-16-10-5-11-17-45/h3-37H,1H3. The quantitative estimate of drug-likeness (QED) is 0.149. The van der Waals surface area contributed by atoms with Crippen molar-refractivity contribution in [1.29, 1.82) is 15.8 Å². The fourth-order valence-electron chi connectivity index (χ4n) is 10.4. The zero-order valence-corrected chi connectivity index (χ0v) is 38.4. The molecule has 0 radical (unpaired) electrons. The van der Waals surface area contributed by atoms with Crippen molar-refractivity contribution in [3.05, 3.63) is 246 Å². The van der Waals surface area contributed by atoms with Gasteiger partial charge in [-0.3, -0.25) is 0 Å². The molecule has 6 nitrogen and oxygen atoms in total. The van der Waals surface area contributed by atoms with Crippen LogP contribution in [0.25, 0.3) is 115 Å². The Morgan fingerprint density at radius 3 is 1.20 bits per heavy atom. The van der Waals surface area contributed by atoms with E-state index in [1.165, 1.54) is 0 Å². The molecule has 0 aliphatic carbocycles. The third-order valence-corrected chi connectivity index (χ3v) is 13.7. The first-order valence-corrected chi connectivity index (χ1v) is 23.3. The summed E-state index contributed by atoms with van der Waals surface area (Å²) >= 11 is 0. The van der Waals surface area contributed by atoms with E-state index in [1.54, 1.807) is 12.1 Å². The first kappa shape index (κ1) is 42.1. The summed E-state index contributed by atoms with van der Waals surface area (Å²) in [4.78, 5) is 3.72. The summed E-state index contributed by atoms with van der Waals surface area (Å²) in [7, 11) is 0. The second kappa shape index (κ2) is 17.1. The molecule has 2 aromatic heterocycles. The molecule has 0 spiro atoms. The number of nitriles is 3. The normalized spacial score (nSPS) is 11.1. The zero-order valence-electron chi connectivity index (χ0n) is 38.4. The highest BCUT2D eigenvalue weighted by Gasteiger charge is 2.32. The van der Waals surface area contributed by atoms with Crippen molar-refractivity contribution in [2.75, 3.05) is 0 Å². The lowest BCUT2D eigenvalue weighted by molar-refractivity contribution is 1.12.